The molecule has 4 aliphatic heterocycles. The van der Waals surface area contributed by atoms with Crippen molar-refractivity contribution in [2.75, 3.05) is 28.4 Å². The van der Waals surface area contributed by atoms with Crippen molar-refractivity contribution in [3.05, 3.63) is 128 Å². The van der Waals surface area contributed by atoms with Crippen LogP contribution in [0.25, 0.3) is 0 Å². The molecular weight excluding hydrogens is 1410 g/mol. The van der Waals surface area contributed by atoms with Gasteiger partial charge in [0.2, 0.25) is 0 Å². The molecule has 0 radical (unpaired) electrons. The third-order valence-corrected chi connectivity index (χ3v) is 30.2. The Balaban J connectivity index is 0.000000102. The normalized spacial score (nSPS) is 43.6. The van der Waals surface area contributed by atoms with Crippen LogP contribution >= 0.6 is 46.4 Å². The van der Waals surface area contributed by atoms with Crippen molar-refractivity contribution in [1.29, 1.82) is 0 Å². The predicted molar refractivity (Wildman–Crippen MR) is 382 cm³/mol. The highest BCUT2D eigenvalue weighted by atomic mass is 35.5. The van der Waals surface area contributed by atoms with Crippen molar-refractivity contribution in [2.24, 2.45) is 71.0 Å². The van der Waals surface area contributed by atoms with Gasteiger partial charge in [-0.05, 0) is 223 Å². The lowest BCUT2D eigenvalue weighted by atomic mass is 9.46. The Morgan fingerprint density at radius 3 is 1.13 bits per heavy atom. The SMILES string of the molecule is COC1(c2ccc(Cl)c(B(O)O)c2)OOC12C1CC3CC2CC(Cl)(C3)C1.COC1(c2ccc(Cl)c(B(O)O)c2)OOC12C1CCCC2C2=C(CCCC2)C1.COC1(c2cccc(B(O)O)c2)OOC12C1CC3CC(C1)CC2C3.COC1(c2cccc(B(O)O)c2)OOC12C1CC3CC2CC(Cl)(C3)C1. The lowest BCUT2D eigenvalue weighted by Gasteiger charge is -2.70. The second-order valence-electron chi connectivity index (χ2n) is 33.4. The number of rotatable bonds is 12. The van der Waals surface area contributed by atoms with E-state index < -0.39 is 74.0 Å². The van der Waals surface area contributed by atoms with Crippen LogP contribution in [0.3, 0.4) is 0 Å². The summed E-state index contributed by atoms with van der Waals surface area (Å²) in [5.74, 6) is 1.40. The molecule has 20 nitrogen and oxygen atoms in total. The number of halogens is 4. The van der Waals surface area contributed by atoms with Crippen molar-refractivity contribution in [1.82, 2.24) is 0 Å². The Kier molecular flexibility index (Phi) is 18.8. The molecule has 552 valence electrons. The molecule has 0 aromatic heterocycles. The van der Waals surface area contributed by atoms with Gasteiger partial charge in [0.1, 0.15) is 0 Å². The fourth-order valence-corrected chi connectivity index (χ4v) is 26.7. The Hall–Kier alpha value is -2.76. The summed E-state index contributed by atoms with van der Waals surface area (Å²) in [6.07, 6.45) is 25.5. The lowest BCUT2D eigenvalue weighted by molar-refractivity contribution is -0.645. The molecule has 4 heterocycles. The molecule has 103 heavy (non-hydrogen) atoms. The van der Waals surface area contributed by atoms with Gasteiger partial charge in [0.05, 0.1) is 0 Å². The monoisotopic (exact) mass is 1500 g/mol. The number of ether oxygens (including phenoxy) is 4. The molecule has 13 saturated carbocycles. The van der Waals surface area contributed by atoms with Crippen molar-refractivity contribution in [2.45, 2.75) is 203 Å². The standard InChI is InChI=1S/C21H26BClO5.C18H21BCl2O5.C18H22BClO5.C18H23BO5/c1-26-21(15-9-10-19(23)18(12-15)22(24)25)20(27-28-21)14-6-4-8-17(20)16-7-3-2-5-13(16)11-14;1-24-18(11-2-3-15(20)14(6-11)19(22)23)17(25-26-18)12-4-10-5-13(17)9-16(21,7-10)8-12;1-23-18(12-3-2-4-15(7-12)19(21)22)17(24-25-18)13-5-11-6-14(17)10-16(20,8-11)9-13;1-22-18(13-3-2-4-16(10-13)19(20)21)17(23-24-18)14-6-11-5-12(8-14)9-15(17)7-11/h9-10,12,14,17,24-25H,2-8,11H2,1H3;2-3,6,10,12-13,22-23H,4-5,7-9H2,1H3;2-4,7,11,13-14,21-22H,5-6,8-10H2,1H3;2-4,10-12,14-15,20-21H,5-9H2,1H3. The molecule has 19 aliphatic rings. The van der Waals surface area contributed by atoms with Gasteiger partial charge in [-0.15, -0.1) is 23.2 Å². The fraction of sp³-hybridized carbons (Fsp3) is 0.653. The van der Waals surface area contributed by atoms with Gasteiger partial charge in [0.15, 0.2) is 22.4 Å². The summed E-state index contributed by atoms with van der Waals surface area (Å²) >= 11 is 26.1. The summed E-state index contributed by atoms with van der Waals surface area (Å²) in [5.41, 5.74) is 5.38. The molecule has 23 rings (SSSR count). The van der Waals surface area contributed by atoms with Gasteiger partial charge in [0.25, 0.3) is 23.1 Å². The Morgan fingerprint density at radius 1 is 0.379 bits per heavy atom. The fourth-order valence-electron chi connectivity index (χ4n) is 25.1. The van der Waals surface area contributed by atoms with E-state index in [-0.39, 0.29) is 55.3 Å². The average molecular weight is 1500 g/mol. The maximum atomic E-state index is 9.73. The maximum Gasteiger partial charge on any atom is 0.489 e. The zero-order chi connectivity index (χ0) is 71.8. The predicted octanol–water partition coefficient (Wildman–Crippen LogP) is 8.55. The molecule has 0 amide bonds. The van der Waals surface area contributed by atoms with Gasteiger partial charge in [-0.25, -0.2) is 19.6 Å². The van der Waals surface area contributed by atoms with E-state index in [1.807, 2.05) is 30.3 Å². The molecule has 4 aromatic carbocycles. The second-order valence-corrected chi connectivity index (χ2v) is 35.8. The van der Waals surface area contributed by atoms with Crippen molar-refractivity contribution >= 4 is 96.7 Å². The van der Waals surface area contributed by atoms with Crippen molar-refractivity contribution in [3.63, 3.8) is 0 Å². The second kappa shape index (κ2) is 26.5. The van der Waals surface area contributed by atoms with Gasteiger partial charge in [-0.1, -0.05) is 114 Å². The van der Waals surface area contributed by atoms with Crippen LogP contribution < -0.4 is 21.9 Å². The molecule has 17 fully saturated rings. The summed E-state index contributed by atoms with van der Waals surface area (Å²) in [5, 5.41) is 77.4. The topological polar surface area (TPSA) is 273 Å². The van der Waals surface area contributed by atoms with Crippen LogP contribution in [-0.2, 0) is 81.2 Å². The van der Waals surface area contributed by atoms with Crippen LogP contribution in [0.2, 0.25) is 10.0 Å². The van der Waals surface area contributed by atoms with E-state index in [1.54, 1.807) is 94.2 Å². The number of allylic oxidation sites excluding steroid dienone is 1. The highest BCUT2D eigenvalue weighted by Gasteiger charge is 2.82. The van der Waals surface area contributed by atoms with Crippen molar-refractivity contribution in [3.8, 4) is 0 Å². The Bertz CT molecular complexity index is 3870. The van der Waals surface area contributed by atoms with Crippen LogP contribution in [0.5, 0.6) is 0 Å². The summed E-state index contributed by atoms with van der Waals surface area (Å²) in [4.78, 5) is 46.3. The average Bonchev–Trinajstić information content (AvgIpc) is 0.686. The molecule has 11 unspecified atom stereocenters. The third-order valence-electron chi connectivity index (χ3n) is 28.6. The zero-order valence-electron chi connectivity index (χ0n) is 58.6. The Labute approximate surface area is 622 Å². The van der Waals surface area contributed by atoms with Crippen LogP contribution in [0.4, 0.5) is 0 Å². The van der Waals surface area contributed by atoms with Crippen LogP contribution in [0.15, 0.2) is 96.1 Å². The molecule has 28 heteroatoms. The minimum atomic E-state index is -1.67. The first kappa shape index (κ1) is 73.1. The quantitative estimate of drug-likeness (QED) is 0.0285. The lowest BCUT2D eigenvalue weighted by Crippen LogP contribution is -2.78. The molecule has 11 atom stereocenters. The van der Waals surface area contributed by atoms with Gasteiger partial charge in [0, 0.05) is 93.2 Å². The number of benzene rings is 4. The van der Waals surface area contributed by atoms with E-state index in [9.17, 15) is 40.2 Å². The van der Waals surface area contributed by atoms with E-state index in [2.05, 4.69) is 0 Å². The molecule has 8 N–H and O–H groups in total. The minimum absolute atomic E-state index is 0.108. The molecule has 4 spiro atoms. The van der Waals surface area contributed by atoms with E-state index in [1.165, 1.54) is 57.8 Å². The van der Waals surface area contributed by atoms with Crippen LogP contribution in [0.1, 0.15) is 170 Å². The maximum absolute atomic E-state index is 9.73. The third kappa shape index (κ3) is 10.5. The number of fused-ring (bicyclic) bond motifs is 1. The molecule has 4 saturated heterocycles. The number of hydrogen-bond donors (Lipinski definition) is 8. The highest BCUT2D eigenvalue weighted by Crippen LogP contribution is 2.75. The molecule has 14 bridgehead atoms. The van der Waals surface area contributed by atoms with Crippen LogP contribution in [0, 0.1) is 71.0 Å². The van der Waals surface area contributed by atoms with E-state index in [0.29, 0.717) is 51.1 Å². The highest BCUT2D eigenvalue weighted by molar-refractivity contribution is 6.63. The number of alkyl halides is 2. The first-order valence-corrected chi connectivity index (χ1v) is 38.9. The molecular formula is C75H92B4Cl4O20. The van der Waals surface area contributed by atoms with Crippen LogP contribution in [-0.4, -0.2) is 129 Å². The van der Waals surface area contributed by atoms with Gasteiger partial charge in [-0.2, -0.15) is 19.6 Å². The summed E-state index contributed by atoms with van der Waals surface area (Å²) in [6.45, 7) is 0. The summed E-state index contributed by atoms with van der Waals surface area (Å²) in [6, 6.07) is 24.6. The largest absolute Gasteiger partial charge is 0.489 e. The first-order chi connectivity index (χ1) is 49.4. The van der Waals surface area contributed by atoms with Gasteiger partial charge >= 0.3 is 28.5 Å². The first-order valence-electron chi connectivity index (χ1n) is 37.4. The Morgan fingerprint density at radius 2 is 0.757 bits per heavy atom. The zero-order valence-corrected chi connectivity index (χ0v) is 61.6. The van der Waals surface area contributed by atoms with E-state index >= 15 is 0 Å². The number of methoxy groups -OCH3 is 4. The van der Waals surface area contributed by atoms with Gasteiger partial charge < -0.3 is 59.1 Å². The van der Waals surface area contributed by atoms with E-state index in [0.717, 1.165) is 118 Å². The van der Waals surface area contributed by atoms with E-state index in [4.69, 9.17) is 104 Å². The number of hydrogen-bond acceptors (Lipinski definition) is 20. The smallest absolute Gasteiger partial charge is 0.423 e. The summed E-state index contributed by atoms with van der Waals surface area (Å²) < 4.78 is 23.9. The molecule has 15 aliphatic carbocycles. The minimum Gasteiger partial charge on any atom is -0.423 e. The van der Waals surface area contributed by atoms with Crippen molar-refractivity contribution < 1.29 is 98.2 Å². The molecule has 4 aromatic rings. The van der Waals surface area contributed by atoms with Gasteiger partial charge in [-0.3, -0.25) is 0 Å². The summed E-state index contributed by atoms with van der Waals surface area (Å²) in [7, 11) is 0.189.